The van der Waals surface area contributed by atoms with Gasteiger partial charge in [0.2, 0.25) is 0 Å². The highest BCUT2D eigenvalue weighted by Gasteiger charge is 2.41. The van der Waals surface area contributed by atoms with E-state index >= 15 is 0 Å². The maximum Gasteiger partial charge on any atom is 0.0334 e. The molecule has 3 atom stereocenters. The van der Waals surface area contributed by atoms with E-state index in [9.17, 15) is 0 Å². The number of nitrogens with one attached hydrogen (secondary N) is 1. The van der Waals surface area contributed by atoms with Gasteiger partial charge in [-0.2, -0.15) is 0 Å². The Hall–Kier alpha value is -0.0800. The lowest BCUT2D eigenvalue weighted by Gasteiger charge is -2.48. The fraction of sp³-hybridized carbons (Fsp3) is 1.00. The number of nitrogens with two attached hydrogens (primary N) is 1. The second kappa shape index (κ2) is 5.71. The molecule has 0 aromatic rings. The molecule has 0 spiro atoms. The monoisotopic (exact) mass is 238 g/mol. The highest BCUT2D eigenvalue weighted by molar-refractivity contribution is 5.00. The third-order valence-corrected chi connectivity index (χ3v) is 5.47. The minimum Gasteiger partial charge on any atom is -0.329 e. The highest BCUT2D eigenvalue weighted by atomic mass is 15.0. The van der Waals surface area contributed by atoms with Crippen molar-refractivity contribution in [1.82, 2.24) is 5.32 Å². The lowest BCUT2D eigenvalue weighted by atomic mass is 9.67. The summed E-state index contributed by atoms with van der Waals surface area (Å²) in [6.07, 6.45) is 11.0. The van der Waals surface area contributed by atoms with Crippen LogP contribution in [-0.2, 0) is 0 Å². The normalized spacial score (nSPS) is 40.4. The fourth-order valence-electron chi connectivity index (χ4n) is 3.97. The third kappa shape index (κ3) is 2.85. The summed E-state index contributed by atoms with van der Waals surface area (Å²) in [5.41, 5.74) is 6.38. The van der Waals surface area contributed by atoms with Crippen LogP contribution in [0.5, 0.6) is 0 Å². The van der Waals surface area contributed by atoms with Crippen molar-refractivity contribution in [3.63, 3.8) is 0 Å². The van der Waals surface area contributed by atoms with Crippen LogP contribution in [-0.4, -0.2) is 18.1 Å². The number of hydrogen-bond donors (Lipinski definition) is 2. The first-order valence-corrected chi connectivity index (χ1v) is 7.66. The quantitative estimate of drug-likeness (QED) is 0.793. The van der Waals surface area contributed by atoms with E-state index in [0.717, 1.165) is 24.4 Å². The molecule has 2 saturated carbocycles. The van der Waals surface area contributed by atoms with Crippen LogP contribution in [0.15, 0.2) is 0 Å². The van der Waals surface area contributed by atoms with Crippen molar-refractivity contribution in [1.29, 1.82) is 0 Å². The molecule has 0 aromatic carbocycles. The molecule has 0 heterocycles. The Bertz CT molecular complexity index is 235. The van der Waals surface area contributed by atoms with Crippen molar-refractivity contribution in [2.45, 2.75) is 76.8 Å². The first-order valence-electron chi connectivity index (χ1n) is 7.66. The summed E-state index contributed by atoms with van der Waals surface area (Å²) in [6, 6.07) is 0.736. The molecule has 2 aliphatic rings. The van der Waals surface area contributed by atoms with E-state index in [-0.39, 0.29) is 5.54 Å². The van der Waals surface area contributed by atoms with Gasteiger partial charge in [-0.15, -0.1) is 0 Å². The molecule has 0 aromatic heterocycles. The Morgan fingerprint density at radius 3 is 2.41 bits per heavy atom. The molecule has 3 N–H and O–H groups in total. The van der Waals surface area contributed by atoms with Gasteiger partial charge in [-0.3, -0.25) is 0 Å². The summed E-state index contributed by atoms with van der Waals surface area (Å²) in [7, 11) is 0. The second-order valence-corrected chi connectivity index (χ2v) is 6.50. The minimum atomic E-state index is 0.236. The number of hydrogen-bond acceptors (Lipinski definition) is 2. The van der Waals surface area contributed by atoms with Crippen LogP contribution in [0.2, 0.25) is 0 Å². The molecule has 3 unspecified atom stereocenters. The molecule has 2 fully saturated rings. The predicted octanol–water partition coefficient (Wildman–Crippen LogP) is 3.06. The van der Waals surface area contributed by atoms with E-state index in [0.29, 0.717) is 0 Å². The van der Waals surface area contributed by atoms with E-state index < -0.39 is 0 Å². The molecule has 0 aliphatic heterocycles. The zero-order valence-electron chi connectivity index (χ0n) is 11.7. The van der Waals surface area contributed by atoms with Gasteiger partial charge >= 0.3 is 0 Å². The summed E-state index contributed by atoms with van der Waals surface area (Å²) < 4.78 is 0. The lowest BCUT2D eigenvalue weighted by Crippen LogP contribution is -2.62. The molecule has 0 bridgehead atoms. The molecule has 2 aliphatic carbocycles. The van der Waals surface area contributed by atoms with E-state index in [1.54, 1.807) is 0 Å². The molecular formula is C15H30N2. The fourth-order valence-corrected chi connectivity index (χ4v) is 3.97. The van der Waals surface area contributed by atoms with Crippen molar-refractivity contribution in [2.75, 3.05) is 6.54 Å². The molecule has 2 nitrogen and oxygen atoms in total. The Kier molecular flexibility index (Phi) is 4.48. The molecule has 0 radical (unpaired) electrons. The Morgan fingerprint density at radius 2 is 1.76 bits per heavy atom. The third-order valence-electron chi connectivity index (χ3n) is 5.47. The van der Waals surface area contributed by atoms with Crippen molar-refractivity contribution in [2.24, 2.45) is 17.6 Å². The second-order valence-electron chi connectivity index (χ2n) is 6.50. The minimum absolute atomic E-state index is 0.236. The first-order chi connectivity index (χ1) is 8.18. The summed E-state index contributed by atoms with van der Waals surface area (Å²) in [6.45, 7) is 5.62. The first kappa shape index (κ1) is 13.4. The topological polar surface area (TPSA) is 38.0 Å². The standard InChI is InChI=1S/C15H30N2/c1-12-7-6-10-15(11-16,13(12)2)17-14-8-4-3-5-9-14/h12-14,17H,3-11,16H2,1-2H3. The zero-order valence-corrected chi connectivity index (χ0v) is 11.7. The van der Waals surface area contributed by atoms with Gasteiger partial charge in [0, 0.05) is 18.1 Å². The van der Waals surface area contributed by atoms with Crippen LogP contribution in [0.1, 0.15) is 65.2 Å². The van der Waals surface area contributed by atoms with E-state index in [1.165, 1.54) is 51.4 Å². The molecule has 17 heavy (non-hydrogen) atoms. The van der Waals surface area contributed by atoms with E-state index in [1.807, 2.05) is 0 Å². The van der Waals surface area contributed by atoms with Gasteiger partial charge in [0.05, 0.1) is 0 Å². The largest absolute Gasteiger partial charge is 0.329 e. The van der Waals surface area contributed by atoms with Crippen LogP contribution in [0.4, 0.5) is 0 Å². The van der Waals surface area contributed by atoms with E-state index in [2.05, 4.69) is 19.2 Å². The Labute approximate surface area is 107 Å². The molecule has 2 heteroatoms. The van der Waals surface area contributed by atoms with Gasteiger partial charge in [0.15, 0.2) is 0 Å². The number of rotatable bonds is 3. The van der Waals surface area contributed by atoms with Crippen molar-refractivity contribution in [3.8, 4) is 0 Å². The maximum atomic E-state index is 6.15. The molecule has 0 amide bonds. The summed E-state index contributed by atoms with van der Waals surface area (Å²) in [5.74, 6) is 1.55. The smallest absolute Gasteiger partial charge is 0.0334 e. The van der Waals surface area contributed by atoms with Gasteiger partial charge < -0.3 is 11.1 Å². The SMILES string of the molecule is CC1CCCC(CN)(NC2CCCCC2)C1C. The van der Waals surface area contributed by atoms with Gasteiger partial charge in [-0.25, -0.2) is 0 Å². The maximum absolute atomic E-state index is 6.15. The van der Waals surface area contributed by atoms with Crippen LogP contribution >= 0.6 is 0 Å². The van der Waals surface area contributed by atoms with Crippen LogP contribution in [0.3, 0.4) is 0 Å². The van der Waals surface area contributed by atoms with Crippen molar-refractivity contribution in [3.05, 3.63) is 0 Å². The van der Waals surface area contributed by atoms with Gasteiger partial charge in [0.1, 0.15) is 0 Å². The van der Waals surface area contributed by atoms with Gasteiger partial charge in [0.25, 0.3) is 0 Å². The molecule has 100 valence electrons. The zero-order chi connectivity index (χ0) is 12.3. The van der Waals surface area contributed by atoms with Gasteiger partial charge in [-0.1, -0.05) is 46.0 Å². The molecular weight excluding hydrogens is 208 g/mol. The molecule has 2 rings (SSSR count). The Morgan fingerprint density at radius 1 is 1.06 bits per heavy atom. The van der Waals surface area contributed by atoms with E-state index in [4.69, 9.17) is 5.73 Å². The summed E-state index contributed by atoms with van der Waals surface area (Å²) >= 11 is 0. The summed E-state index contributed by atoms with van der Waals surface area (Å²) in [5, 5.41) is 3.98. The van der Waals surface area contributed by atoms with Gasteiger partial charge in [-0.05, 0) is 31.1 Å². The lowest BCUT2D eigenvalue weighted by molar-refractivity contribution is 0.0916. The Balaban J connectivity index is 2.01. The van der Waals surface area contributed by atoms with Crippen molar-refractivity contribution < 1.29 is 0 Å². The van der Waals surface area contributed by atoms with Crippen LogP contribution < -0.4 is 11.1 Å². The summed E-state index contributed by atoms with van der Waals surface area (Å²) in [4.78, 5) is 0. The highest BCUT2D eigenvalue weighted by Crippen LogP contribution is 2.38. The van der Waals surface area contributed by atoms with Crippen molar-refractivity contribution >= 4 is 0 Å². The van der Waals surface area contributed by atoms with Crippen LogP contribution in [0, 0.1) is 11.8 Å². The van der Waals surface area contributed by atoms with Crippen LogP contribution in [0.25, 0.3) is 0 Å². The predicted molar refractivity (Wildman–Crippen MR) is 74.0 cm³/mol. The average molecular weight is 238 g/mol. The average Bonchev–Trinajstić information content (AvgIpc) is 2.36. The molecule has 0 saturated heterocycles.